The zero-order valence-electron chi connectivity index (χ0n) is 5.86. The van der Waals surface area contributed by atoms with Crippen LogP contribution in [0.5, 0.6) is 0 Å². The molecule has 0 aliphatic heterocycles. The minimum absolute atomic E-state index is 0.0567. The molecule has 1 aromatic carbocycles. The van der Waals surface area contributed by atoms with Crippen molar-refractivity contribution in [2.45, 2.75) is 4.90 Å². The minimum Gasteiger partial charge on any atom is -0.302 e. The third-order valence-corrected chi connectivity index (χ3v) is 2.44. The molecule has 5 heteroatoms. The van der Waals surface area contributed by atoms with E-state index in [0.29, 0.717) is 11.8 Å². The van der Waals surface area contributed by atoms with Crippen molar-refractivity contribution in [1.82, 2.24) is 0 Å². The summed E-state index contributed by atoms with van der Waals surface area (Å²) in [5.41, 5.74) is 0.330. The maximum Gasteiger partial charge on any atom is 0.188 e. The summed E-state index contributed by atoms with van der Waals surface area (Å²) in [6, 6.07) is 4.17. The number of carbonyl (C=O) groups excluding carboxylic acids is 1. The Morgan fingerprint density at radius 1 is 1.50 bits per heavy atom. The Morgan fingerprint density at radius 3 is 2.67 bits per heavy atom. The van der Waals surface area contributed by atoms with Crippen molar-refractivity contribution < 1.29 is 13.6 Å². The zero-order chi connectivity index (χ0) is 9.14. The molecule has 0 amide bonds. The summed E-state index contributed by atoms with van der Waals surface area (Å²) in [4.78, 5) is 10.3. The average molecular weight is 205 g/mol. The first-order valence-corrected chi connectivity index (χ1v) is 4.49. The second-order valence-electron chi connectivity index (χ2n) is 2.06. The molecule has 0 aliphatic rings. The number of hydrogen-bond acceptors (Lipinski definition) is 2. The van der Waals surface area contributed by atoms with E-state index in [0.717, 1.165) is 0 Å². The largest absolute Gasteiger partial charge is 0.302 e. The Kier molecular flexibility index (Phi) is 2.97. The molecule has 0 saturated carbocycles. The van der Waals surface area contributed by atoms with Gasteiger partial charge in [-0.3, -0.25) is 4.79 Å². The van der Waals surface area contributed by atoms with Crippen molar-refractivity contribution >= 4 is 29.0 Å². The van der Waals surface area contributed by atoms with Crippen LogP contribution in [0.3, 0.4) is 0 Å². The first-order valence-electron chi connectivity index (χ1n) is 3.00. The van der Waals surface area contributed by atoms with E-state index in [1.807, 2.05) is 0 Å². The summed E-state index contributed by atoms with van der Waals surface area (Å²) >= 11 is 3.44. The van der Waals surface area contributed by atoms with Crippen LogP contribution >= 0.6 is 11.6 Å². The monoisotopic (exact) mass is 204 g/mol. The van der Waals surface area contributed by atoms with Gasteiger partial charge in [0.2, 0.25) is 0 Å². The van der Waals surface area contributed by atoms with E-state index >= 15 is 0 Å². The van der Waals surface area contributed by atoms with Crippen molar-refractivity contribution in [2.75, 3.05) is 0 Å². The van der Waals surface area contributed by atoms with Gasteiger partial charge in [-0.05, 0) is 12.1 Å². The first kappa shape index (κ1) is 9.38. The summed E-state index contributed by atoms with van der Waals surface area (Å²) in [7, 11) is 0. The van der Waals surface area contributed by atoms with E-state index in [1.165, 1.54) is 18.2 Å². The lowest BCUT2D eigenvalue weighted by Crippen LogP contribution is -1.91. The summed E-state index contributed by atoms with van der Waals surface area (Å²) in [6.07, 6.45) is 0.590. The van der Waals surface area contributed by atoms with Gasteiger partial charge in [-0.1, -0.05) is 17.7 Å². The lowest BCUT2D eigenvalue weighted by atomic mass is 10.2. The molecule has 64 valence electrons. The number of benzene rings is 1. The molecule has 1 unspecified atom stereocenters. The SMILES string of the molecule is O=Cc1ccc(Cl)c(S(=O)O)c1. The molecule has 12 heavy (non-hydrogen) atoms. The molecule has 0 fully saturated rings. The van der Waals surface area contributed by atoms with Crippen LogP contribution in [0.15, 0.2) is 23.1 Å². The Labute approximate surface area is 76.6 Å². The molecule has 1 aromatic rings. The smallest absolute Gasteiger partial charge is 0.188 e. The molecule has 0 heterocycles. The molecule has 1 N–H and O–H groups in total. The Bertz CT molecular complexity index is 337. The van der Waals surface area contributed by atoms with Gasteiger partial charge in [0.15, 0.2) is 11.1 Å². The Hall–Kier alpha value is -0.710. The molecular weight excluding hydrogens is 200 g/mol. The second-order valence-corrected chi connectivity index (χ2v) is 3.40. The fourth-order valence-corrected chi connectivity index (χ4v) is 1.51. The first-order chi connectivity index (χ1) is 5.65. The van der Waals surface area contributed by atoms with Crippen LogP contribution in [0.2, 0.25) is 5.02 Å². The predicted molar refractivity (Wildman–Crippen MR) is 45.9 cm³/mol. The van der Waals surface area contributed by atoms with Gasteiger partial charge >= 0.3 is 0 Å². The predicted octanol–water partition coefficient (Wildman–Crippen LogP) is 1.73. The van der Waals surface area contributed by atoms with E-state index in [-0.39, 0.29) is 9.92 Å². The molecule has 0 radical (unpaired) electrons. The fourth-order valence-electron chi connectivity index (χ4n) is 0.727. The molecule has 1 atom stereocenters. The normalized spacial score (nSPS) is 12.5. The molecule has 0 aromatic heterocycles. The maximum absolute atomic E-state index is 10.6. The number of carbonyl (C=O) groups is 1. The molecular formula is C7H5ClO3S. The lowest BCUT2D eigenvalue weighted by molar-refractivity contribution is 0.112. The molecule has 0 saturated heterocycles. The van der Waals surface area contributed by atoms with Gasteiger partial charge in [-0.25, -0.2) is 4.21 Å². The van der Waals surface area contributed by atoms with E-state index in [9.17, 15) is 9.00 Å². The number of hydrogen-bond donors (Lipinski definition) is 1. The van der Waals surface area contributed by atoms with Crippen LogP contribution in [0.25, 0.3) is 0 Å². The molecule has 0 aliphatic carbocycles. The molecule has 0 spiro atoms. The second kappa shape index (κ2) is 3.80. The zero-order valence-corrected chi connectivity index (χ0v) is 7.43. The van der Waals surface area contributed by atoms with E-state index in [1.54, 1.807) is 0 Å². The minimum atomic E-state index is -2.14. The van der Waals surface area contributed by atoms with Gasteiger partial charge in [-0.2, -0.15) is 0 Å². The van der Waals surface area contributed by atoms with E-state index in [4.69, 9.17) is 16.2 Å². The van der Waals surface area contributed by atoms with Gasteiger partial charge < -0.3 is 4.55 Å². The van der Waals surface area contributed by atoms with Gasteiger partial charge in [-0.15, -0.1) is 0 Å². The van der Waals surface area contributed by atoms with E-state index < -0.39 is 11.1 Å². The van der Waals surface area contributed by atoms with Gasteiger partial charge in [0.05, 0.1) is 9.92 Å². The van der Waals surface area contributed by atoms with Crippen LogP contribution in [0.4, 0.5) is 0 Å². The van der Waals surface area contributed by atoms with Gasteiger partial charge in [0.1, 0.15) is 6.29 Å². The Balaban J connectivity index is 3.25. The quantitative estimate of drug-likeness (QED) is 0.590. The van der Waals surface area contributed by atoms with Crippen LogP contribution in [0, 0.1) is 0 Å². The van der Waals surface area contributed by atoms with Crippen molar-refractivity contribution in [3.8, 4) is 0 Å². The van der Waals surface area contributed by atoms with Crippen molar-refractivity contribution in [2.24, 2.45) is 0 Å². The van der Waals surface area contributed by atoms with Gasteiger partial charge in [0.25, 0.3) is 0 Å². The highest BCUT2D eigenvalue weighted by Gasteiger charge is 2.06. The van der Waals surface area contributed by atoms with Crippen LogP contribution in [0.1, 0.15) is 10.4 Å². The summed E-state index contributed by atoms with van der Waals surface area (Å²) < 4.78 is 19.3. The highest BCUT2D eigenvalue weighted by Crippen LogP contribution is 2.19. The third-order valence-electron chi connectivity index (χ3n) is 1.28. The summed E-state index contributed by atoms with van der Waals surface area (Å²) in [5.74, 6) is 0. The topological polar surface area (TPSA) is 54.4 Å². The average Bonchev–Trinajstić information content (AvgIpc) is 2.05. The molecule has 0 bridgehead atoms. The highest BCUT2D eigenvalue weighted by molar-refractivity contribution is 7.79. The van der Waals surface area contributed by atoms with Crippen molar-refractivity contribution in [3.05, 3.63) is 28.8 Å². The summed E-state index contributed by atoms with van der Waals surface area (Å²) in [6.45, 7) is 0. The van der Waals surface area contributed by atoms with Crippen LogP contribution in [-0.4, -0.2) is 15.0 Å². The molecule has 3 nitrogen and oxygen atoms in total. The van der Waals surface area contributed by atoms with Crippen LogP contribution < -0.4 is 0 Å². The maximum atomic E-state index is 10.6. The number of halogens is 1. The van der Waals surface area contributed by atoms with Gasteiger partial charge in [0, 0.05) is 5.56 Å². The van der Waals surface area contributed by atoms with Crippen LogP contribution in [-0.2, 0) is 11.1 Å². The van der Waals surface area contributed by atoms with Crippen molar-refractivity contribution in [3.63, 3.8) is 0 Å². The summed E-state index contributed by atoms with van der Waals surface area (Å²) in [5, 5.41) is 0.182. The third kappa shape index (κ3) is 1.91. The number of aldehydes is 1. The Morgan fingerprint density at radius 2 is 2.17 bits per heavy atom. The van der Waals surface area contributed by atoms with Crippen molar-refractivity contribution in [1.29, 1.82) is 0 Å². The molecule has 1 rings (SSSR count). The fraction of sp³-hybridized carbons (Fsp3) is 0. The van der Waals surface area contributed by atoms with E-state index in [2.05, 4.69) is 0 Å². The number of rotatable bonds is 2. The highest BCUT2D eigenvalue weighted by atomic mass is 35.5. The lowest BCUT2D eigenvalue weighted by Gasteiger charge is -1.98. The standard InChI is InChI=1S/C7H5ClO3S/c8-6-2-1-5(4-9)3-7(6)12(10)11/h1-4H,(H,10,11).